The largest absolute Gasteiger partial charge is 0.870 e. The third-order valence-corrected chi connectivity index (χ3v) is 3.85. The molecule has 0 aromatic heterocycles. The molecule has 1 aliphatic heterocycles. The number of hydrogen-bond donors (Lipinski definition) is 13. The van der Waals surface area contributed by atoms with Crippen LogP contribution < -0.4 is 56.9 Å². The first-order valence-corrected chi connectivity index (χ1v) is 24.5. The number of rotatable bonds is 4. The van der Waals surface area contributed by atoms with Gasteiger partial charge in [-0.05, 0) is 48.6 Å². The van der Waals surface area contributed by atoms with Crippen LogP contribution in [0, 0.1) is 11.1 Å². The van der Waals surface area contributed by atoms with E-state index in [2.05, 4.69) is 60.0 Å². The van der Waals surface area contributed by atoms with Crippen molar-refractivity contribution in [1.29, 1.82) is 11.1 Å². The minimum absolute atomic E-state index is 0. The summed E-state index contributed by atoms with van der Waals surface area (Å²) in [5.74, 6) is 7.66. The Morgan fingerprint density at radius 1 is 0.514 bits per heavy atom. The van der Waals surface area contributed by atoms with Gasteiger partial charge in [0.25, 0.3) is 11.8 Å². The van der Waals surface area contributed by atoms with E-state index in [-0.39, 0.29) is 42.5 Å². The molecule has 4 rings (SSSR count). The fourth-order valence-electron chi connectivity index (χ4n) is 2.07. The lowest BCUT2D eigenvalue weighted by Gasteiger charge is -2.06. The van der Waals surface area contributed by atoms with Crippen LogP contribution in [0.1, 0.15) is 199 Å². The predicted octanol–water partition coefficient (Wildman–Crippen LogP) is 11.4. The van der Waals surface area contributed by atoms with Gasteiger partial charge < -0.3 is 50.8 Å². The lowest BCUT2D eigenvalue weighted by atomic mass is 10.2. The van der Waals surface area contributed by atoms with E-state index in [1.165, 1.54) is 0 Å². The summed E-state index contributed by atoms with van der Waals surface area (Å²) in [7, 11) is 0. The molecule has 0 atom stereocenters. The SMILES string of the molecule is C1OOO1.CC.CC.CC.CC.CC.CC.CC.CC.CC.CC.CC.CC.N=N.NC(N)=NNC(=O)c1ccccc1.NC(N)=S.NN=C(N)N.NNC(=O)c1ccccc1.O=C(O)c1ccccc1.[HH].[OH-]. The molecule has 0 spiro atoms. The highest BCUT2D eigenvalue weighted by molar-refractivity contribution is 7.80. The molecule has 0 aliphatic carbocycles. The Morgan fingerprint density at radius 2 is 0.708 bits per heavy atom. The highest BCUT2D eigenvalue weighted by atomic mass is 32.1. The van der Waals surface area contributed by atoms with Crippen molar-refractivity contribution in [3.63, 3.8) is 0 Å². The summed E-state index contributed by atoms with van der Waals surface area (Å²) < 4.78 is 0. The summed E-state index contributed by atoms with van der Waals surface area (Å²) in [6.45, 7) is 48.3. The lowest BCUT2D eigenvalue weighted by molar-refractivity contribution is -0.652. The minimum Gasteiger partial charge on any atom is -0.870 e. The lowest BCUT2D eigenvalue weighted by Crippen LogP contribution is -2.29. The number of thiocarbonyl (C=S) groups is 1. The number of carboxylic acid groups (broad SMARTS) is 1. The van der Waals surface area contributed by atoms with Gasteiger partial charge in [0, 0.05) is 12.6 Å². The third-order valence-electron chi connectivity index (χ3n) is 3.85. The van der Waals surface area contributed by atoms with Crippen LogP contribution in [0.15, 0.2) is 101 Å². The quantitative estimate of drug-likeness (QED) is 0.0169. The maximum Gasteiger partial charge on any atom is 0.335 e. The highest BCUT2D eigenvalue weighted by Crippen LogP contribution is 1.98. The van der Waals surface area contributed by atoms with Crippen molar-refractivity contribution in [3.8, 4) is 0 Å². The van der Waals surface area contributed by atoms with Crippen molar-refractivity contribution in [3.05, 3.63) is 108 Å². The molecule has 23 heteroatoms. The number of nitrogens with zero attached hydrogens (tertiary/aromatic N) is 2. The van der Waals surface area contributed by atoms with Crippen LogP contribution in [0.25, 0.3) is 0 Å². The molecule has 0 bridgehead atoms. The summed E-state index contributed by atoms with van der Waals surface area (Å²) in [6, 6.07) is 25.7. The second-order valence-electron chi connectivity index (χ2n) is 7.23. The second-order valence-corrected chi connectivity index (χ2v) is 7.70. The van der Waals surface area contributed by atoms with Crippen LogP contribution in [0.3, 0.4) is 0 Å². The van der Waals surface area contributed by atoms with E-state index in [9.17, 15) is 14.4 Å². The molecule has 1 heterocycles. The van der Waals surface area contributed by atoms with Gasteiger partial charge in [-0.1, -0.05) is 226 Å². The molecule has 2 amide bonds. The monoisotopic (exact) mass is 1060 g/mol. The van der Waals surface area contributed by atoms with Gasteiger partial charge >= 0.3 is 5.97 Å². The predicted molar refractivity (Wildman–Crippen MR) is 316 cm³/mol. The maximum absolute atomic E-state index is 11.2. The summed E-state index contributed by atoms with van der Waals surface area (Å²) in [6.07, 6.45) is 0. The van der Waals surface area contributed by atoms with E-state index >= 15 is 0 Å². The normalized spacial score (nSPS) is 7.12. The number of benzene rings is 3. The van der Waals surface area contributed by atoms with Gasteiger partial charge in [0.1, 0.15) is 0 Å². The Morgan fingerprint density at radius 3 is 0.847 bits per heavy atom. The van der Waals surface area contributed by atoms with Crippen LogP contribution >= 0.6 is 12.2 Å². The first kappa shape index (κ1) is 111. The molecule has 1 saturated heterocycles. The number of hydrazone groups is 2. The molecule has 0 radical (unpaired) electrons. The summed E-state index contributed by atoms with van der Waals surface area (Å²) in [5.41, 5.74) is 44.3. The number of guanidine groups is 2. The van der Waals surface area contributed by atoms with Gasteiger partial charge in [0.05, 0.1) is 5.56 Å². The highest BCUT2D eigenvalue weighted by Gasteiger charge is 2.01. The van der Waals surface area contributed by atoms with Gasteiger partial charge in [0.2, 0.25) is 18.7 Å². The number of nitrogens with one attached hydrogen (secondary N) is 4. The number of nitrogens with two attached hydrogens (primary N) is 8. The summed E-state index contributed by atoms with van der Waals surface area (Å²) in [5, 5.41) is 18.3. The van der Waals surface area contributed by atoms with Gasteiger partial charge in [-0.15, -0.1) is 10.2 Å². The van der Waals surface area contributed by atoms with E-state index in [1.54, 1.807) is 78.9 Å². The molecule has 3 aromatic rings. The fraction of sp³-hybridized carbons (Fsp3) is 0.510. The standard InChI is InChI=1S/C8H10N4O.C7H8N2O.C7H6O2.12C2H6.CH6N4.CH4N2S.CH2O3.H2N2.H2O.H2/c9-8(10)12-11-7(13)6-4-2-1-3-5-6;8-9-7(10)6-4-2-1-3-5-6;8-7(9)6-4-2-1-3-5-6;12*1-2;2-1(3)5-4;2-1(3)4;1-2-4-3-1;1-2;;/h1-5H,(H,11,13)(H4,9,10,12);1-5H,8H2,(H,9,10);1-5H,(H,8,9);12*1-2H3;4H2,(H4,2,3,5);(H4,2,3,4);1H2;1-2H;1H2;1H/p-1. The Hall–Kier alpha value is -6.50. The first-order valence-electron chi connectivity index (χ1n) is 24.1. The minimum atomic E-state index is -0.879. The maximum atomic E-state index is 11.2. The second kappa shape index (κ2) is 137. The Balaban J connectivity index is -0.0000000321. The van der Waals surface area contributed by atoms with Crippen LogP contribution in [0.4, 0.5) is 0 Å². The van der Waals surface area contributed by atoms with E-state index < -0.39 is 5.97 Å². The van der Waals surface area contributed by atoms with Crippen molar-refractivity contribution in [2.45, 2.75) is 166 Å². The molecule has 3 aromatic carbocycles. The van der Waals surface area contributed by atoms with Crippen LogP contribution in [-0.2, 0) is 14.8 Å². The van der Waals surface area contributed by atoms with E-state index in [4.69, 9.17) is 44.9 Å². The number of nitrogen functional groups attached to an aromatic ring is 1. The Labute approximate surface area is 445 Å². The molecule has 72 heavy (non-hydrogen) atoms. The number of hydrogen-bond acceptors (Lipinski definition) is 14. The summed E-state index contributed by atoms with van der Waals surface area (Å²) >= 11 is 4.09. The van der Waals surface area contributed by atoms with Crippen molar-refractivity contribution in [2.75, 3.05) is 6.79 Å². The van der Waals surface area contributed by atoms with Crippen LogP contribution in [-0.4, -0.2) is 52.2 Å². The zero-order chi connectivity index (χ0) is 60.5. The van der Waals surface area contributed by atoms with Gasteiger partial charge in [-0.25, -0.2) is 27.1 Å². The number of carboxylic acids is 1. The molecular formula is C49H113N14O8S-. The van der Waals surface area contributed by atoms with E-state index in [1.807, 2.05) is 184 Å². The molecule has 1 fully saturated rings. The summed E-state index contributed by atoms with van der Waals surface area (Å²) in [4.78, 5) is 40.2. The van der Waals surface area contributed by atoms with Crippen molar-refractivity contribution in [2.24, 2.45) is 56.3 Å². The van der Waals surface area contributed by atoms with Crippen LogP contribution in [0.5, 0.6) is 0 Å². The molecule has 0 unspecified atom stereocenters. The van der Waals surface area contributed by atoms with E-state index in [0.29, 0.717) is 16.7 Å². The van der Waals surface area contributed by atoms with Gasteiger partial charge in [-0.2, -0.15) is 9.78 Å². The van der Waals surface area contributed by atoms with Gasteiger partial charge in [-0.3, -0.25) is 15.0 Å². The third kappa shape index (κ3) is 137. The average Bonchev–Trinajstić information content (AvgIpc) is 3.45. The number of carbonyl (C=O) groups is 3. The number of hydrazine groups is 1. The van der Waals surface area contributed by atoms with Crippen molar-refractivity contribution in [1.82, 2.24) is 10.9 Å². The van der Waals surface area contributed by atoms with Crippen molar-refractivity contribution >= 4 is 47.0 Å². The smallest absolute Gasteiger partial charge is 0.335 e. The van der Waals surface area contributed by atoms with Gasteiger partial charge in [0.15, 0.2) is 5.11 Å². The van der Waals surface area contributed by atoms with Crippen LogP contribution in [0.2, 0.25) is 0 Å². The number of amides is 2. The molecular weight excluding hydrogens is 945 g/mol. The number of carbonyl (C=O) groups excluding carboxylic acids is 2. The molecule has 22 N–H and O–H groups in total. The zero-order valence-corrected chi connectivity index (χ0v) is 49.9. The van der Waals surface area contributed by atoms with E-state index in [0.717, 1.165) is 0 Å². The Kier molecular flexibility index (Phi) is 212. The van der Waals surface area contributed by atoms with Crippen molar-refractivity contribution < 1.29 is 41.2 Å². The fourth-order valence-corrected chi connectivity index (χ4v) is 2.07. The molecule has 1 aliphatic rings. The molecule has 22 nitrogen and oxygen atoms in total. The number of aromatic carboxylic acids is 1. The molecule has 434 valence electrons. The Bertz CT molecular complexity index is 1350. The zero-order valence-electron chi connectivity index (χ0n) is 49.1. The molecule has 0 saturated carbocycles. The first-order chi connectivity index (χ1) is 34.3. The topological polar surface area (TPSA) is 434 Å². The average molecular weight is 1060 g/mol.